The third-order valence-electron chi connectivity index (χ3n) is 2.50. The highest BCUT2D eigenvalue weighted by Gasteiger charge is 2.08. The first-order chi connectivity index (χ1) is 9.10. The van der Waals surface area contributed by atoms with Crippen molar-refractivity contribution >= 4 is 28.3 Å². The first-order valence-corrected chi connectivity index (χ1v) is 6.58. The van der Waals surface area contributed by atoms with Gasteiger partial charge >= 0.3 is 0 Å². The van der Waals surface area contributed by atoms with Gasteiger partial charge in [-0.2, -0.15) is 5.26 Å². The van der Waals surface area contributed by atoms with E-state index in [-0.39, 0.29) is 5.75 Å². The van der Waals surface area contributed by atoms with E-state index in [4.69, 9.17) is 15.7 Å². The van der Waals surface area contributed by atoms with Gasteiger partial charge in [0.2, 0.25) is 0 Å². The molecule has 2 rings (SSSR count). The summed E-state index contributed by atoms with van der Waals surface area (Å²) in [6, 6.07) is 12.2. The fourth-order valence-corrected chi connectivity index (χ4v) is 2.44. The van der Waals surface area contributed by atoms with E-state index in [0.29, 0.717) is 23.6 Å². The zero-order valence-corrected chi connectivity index (χ0v) is 12.1. The van der Waals surface area contributed by atoms with Crippen LogP contribution in [0.4, 0.5) is 5.69 Å². The number of phenolic OH excluding ortho intramolecular Hbond substituents is 1. The minimum Gasteiger partial charge on any atom is -0.508 e. The Morgan fingerprint density at radius 3 is 2.74 bits per heavy atom. The Bertz CT molecular complexity index is 627. The molecule has 2 aromatic carbocycles. The fraction of sp³-hybridized carbons (Fsp3) is 0.0714. The van der Waals surface area contributed by atoms with E-state index in [0.717, 1.165) is 9.13 Å². The number of nitrogens with two attached hydrogens (primary N) is 1. The van der Waals surface area contributed by atoms with E-state index >= 15 is 0 Å². The van der Waals surface area contributed by atoms with E-state index in [1.54, 1.807) is 30.3 Å². The van der Waals surface area contributed by atoms with Crippen molar-refractivity contribution in [3.8, 4) is 17.6 Å². The molecule has 19 heavy (non-hydrogen) atoms. The Morgan fingerprint density at radius 1 is 1.32 bits per heavy atom. The van der Waals surface area contributed by atoms with E-state index < -0.39 is 0 Å². The van der Waals surface area contributed by atoms with Crippen LogP contribution >= 0.6 is 22.6 Å². The predicted molar refractivity (Wildman–Crippen MR) is 80.7 cm³/mol. The lowest BCUT2D eigenvalue weighted by atomic mass is 10.2. The molecule has 5 heteroatoms. The highest BCUT2D eigenvalue weighted by Crippen LogP contribution is 2.30. The zero-order valence-electron chi connectivity index (χ0n) is 9.93. The van der Waals surface area contributed by atoms with Crippen molar-refractivity contribution in [3.05, 3.63) is 51.1 Å². The van der Waals surface area contributed by atoms with E-state index in [1.807, 2.05) is 12.1 Å². The van der Waals surface area contributed by atoms with Gasteiger partial charge < -0.3 is 15.6 Å². The number of benzene rings is 2. The molecule has 96 valence electrons. The number of hydrogen-bond acceptors (Lipinski definition) is 4. The van der Waals surface area contributed by atoms with Crippen LogP contribution in [0.5, 0.6) is 11.5 Å². The van der Waals surface area contributed by atoms with Crippen molar-refractivity contribution in [2.24, 2.45) is 0 Å². The third-order valence-corrected chi connectivity index (χ3v) is 3.30. The van der Waals surface area contributed by atoms with Crippen LogP contribution in [-0.4, -0.2) is 5.11 Å². The topological polar surface area (TPSA) is 79.3 Å². The van der Waals surface area contributed by atoms with Gasteiger partial charge in [0, 0.05) is 0 Å². The highest BCUT2D eigenvalue weighted by atomic mass is 127. The van der Waals surface area contributed by atoms with Crippen LogP contribution in [-0.2, 0) is 6.61 Å². The number of aromatic hydroxyl groups is 1. The lowest BCUT2D eigenvalue weighted by molar-refractivity contribution is 0.305. The molecule has 0 saturated carbocycles. The van der Waals surface area contributed by atoms with Crippen LogP contribution in [0.3, 0.4) is 0 Å². The second-order valence-electron chi connectivity index (χ2n) is 3.95. The van der Waals surface area contributed by atoms with Crippen molar-refractivity contribution < 1.29 is 9.84 Å². The molecular formula is C14H11IN2O2. The quantitative estimate of drug-likeness (QED) is 0.647. The summed E-state index contributed by atoms with van der Waals surface area (Å²) < 4.78 is 6.44. The van der Waals surface area contributed by atoms with Gasteiger partial charge in [0.25, 0.3) is 0 Å². The van der Waals surface area contributed by atoms with Gasteiger partial charge in [0.1, 0.15) is 12.4 Å². The van der Waals surface area contributed by atoms with Crippen LogP contribution in [0.1, 0.15) is 11.1 Å². The Kier molecular flexibility index (Phi) is 4.12. The number of nitrogen functional groups attached to an aromatic ring is 1. The van der Waals surface area contributed by atoms with Gasteiger partial charge in [-0.05, 0) is 52.4 Å². The molecule has 4 nitrogen and oxygen atoms in total. The average Bonchev–Trinajstić information content (AvgIpc) is 2.37. The summed E-state index contributed by atoms with van der Waals surface area (Å²) in [6.07, 6.45) is 0. The van der Waals surface area contributed by atoms with E-state index in [9.17, 15) is 5.11 Å². The largest absolute Gasteiger partial charge is 0.508 e. The number of nitrogens with zero attached hydrogens (tertiary/aromatic N) is 1. The maximum atomic E-state index is 9.37. The highest BCUT2D eigenvalue weighted by molar-refractivity contribution is 14.1. The average molecular weight is 366 g/mol. The molecule has 0 fully saturated rings. The molecule has 0 saturated heterocycles. The van der Waals surface area contributed by atoms with Gasteiger partial charge in [-0.1, -0.05) is 12.1 Å². The predicted octanol–water partition coefficient (Wildman–Crippen LogP) is 3.03. The summed E-state index contributed by atoms with van der Waals surface area (Å²) in [7, 11) is 0. The number of nitriles is 1. The summed E-state index contributed by atoms with van der Waals surface area (Å²) in [4.78, 5) is 0. The molecule has 0 heterocycles. The van der Waals surface area contributed by atoms with Crippen molar-refractivity contribution in [1.29, 1.82) is 5.26 Å². The molecule has 0 aromatic heterocycles. The molecule has 0 atom stereocenters. The fourth-order valence-electron chi connectivity index (χ4n) is 1.63. The number of phenols is 1. The van der Waals surface area contributed by atoms with Crippen LogP contribution < -0.4 is 10.5 Å². The molecule has 0 bridgehead atoms. The normalized spacial score (nSPS) is 9.89. The summed E-state index contributed by atoms with van der Waals surface area (Å²) in [5.74, 6) is 0.756. The number of anilines is 1. The van der Waals surface area contributed by atoms with Crippen molar-refractivity contribution in [3.63, 3.8) is 0 Å². The molecule has 3 N–H and O–H groups in total. The summed E-state index contributed by atoms with van der Waals surface area (Å²) >= 11 is 2.08. The van der Waals surface area contributed by atoms with E-state index in [1.165, 1.54) is 0 Å². The second-order valence-corrected chi connectivity index (χ2v) is 5.11. The molecule has 0 unspecified atom stereocenters. The molecule has 0 radical (unpaired) electrons. The van der Waals surface area contributed by atoms with Crippen molar-refractivity contribution in [2.45, 2.75) is 6.61 Å². The Labute approximate surface area is 124 Å². The molecule has 0 amide bonds. The maximum Gasteiger partial charge on any atom is 0.156 e. The third kappa shape index (κ3) is 3.29. The smallest absolute Gasteiger partial charge is 0.156 e. The minimum absolute atomic E-state index is 0.198. The zero-order chi connectivity index (χ0) is 13.8. The standard InChI is InChI=1S/C14H11IN2O2/c15-12-5-10(7-16)6-13(17)14(12)19-8-9-2-1-3-11(18)4-9/h1-6,18H,8,17H2. The van der Waals surface area contributed by atoms with Gasteiger partial charge in [-0.3, -0.25) is 0 Å². The molecule has 0 spiro atoms. The molecular weight excluding hydrogens is 355 g/mol. The Morgan fingerprint density at radius 2 is 2.11 bits per heavy atom. The molecule has 2 aromatic rings. The summed E-state index contributed by atoms with van der Waals surface area (Å²) in [6.45, 7) is 0.306. The molecule has 0 aliphatic carbocycles. The minimum atomic E-state index is 0.198. The number of hydrogen-bond donors (Lipinski definition) is 2. The Hall–Kier alpha value is -1.94. The summed E-state index contributed by atoms with van der Waals surface area (Å²) in [5.41, 5.74) is 7.65. The van der Waals surface area contributed by atoms with Gasteiger partial charge in [0.15, 0.2) is 5.75 Å². The van der Waals surface area contributed by atoms with Crippen molar-refractivity contribution in [2.75, 3.05) is 5.73 Å². The monoisotopic (exact) mass is 366 g/mol. The van der Waals surface area contributed by atoms with Crippen LogP contribution in [0.15, 0.2) is 36.4 Å². The molecule has 0 aliphatic heterocycles. The first-order valence-electron chi connectivity index (χ1n) is 5.50. The summed E-state index contributed by atoms with van der Waals surface area (Å²) in [5, 5.41) is 18.2. The van der Waals surface area contributed by atoms with Gasteiger partial charge in [-0.25, -0.2) is 0 Å². The van der Waals surface area contributed by atoms with Gasteiger partial charge in [-0.15, -0.1) is 0 Å². The number of halogens is 1. The van der Waals surface area contributed by atoms with Crippen LogP contribution in [0.2, 0.25) is 0 Å². The molecule has 0 aliphatic rings. The lowest BCUT2D eigenvalue weighted by Gasteiger charge is -2.11. The lowest BCUT2D eigenvalue weighted by Crippen LogP contribution is -2.01. The van der Waals surface area contributed by atoms with E-state index in [2.05, 4.69) is 22.6 Å². The number of rotatable bonds is 3. The van der Waals surface area contributed by atoms with Crippen molar-refractivity contribution in [1.82, 2.24) is 0 Å². The number of ether oxygens (including phenoxy) is 1. The Balaban J connectivity index is 2.18. The van der Waals surface area contributed by atoms with Gasteiger partial charge in [0.05, 0.1) is 20.9 Å². The second kappa shape index (κ2) is 5.80. The van der Waals surface area contributed by atoms with Crippen LogP contribution in [0.25, 0.3) is 0 Å². The first kappa shape index (κ1) is 13.5. The van der Waals surface area contributed by atoms with Crippen LogP contribution in [0, 0.1) is 14.9 Å². The SMILES string of the molecule is N#Cc1cc(N)c(OCc2cccc(O)c2)c(I)c1. The maximum absolute atomic E-state index is 9.37.